The van der Waals surface area contributed by atoms with Crippen molar-refractivity contribution in [1.82, 2.24) is 14.8 Å². The van der Waals surface area contributed by atoms with Gasteiger partial charge in [0.05, 0.1) is 15.7 Å². The average Bonchev–Trinajstić information content (AvgIpc) is 3.21. The smallest absolute Gasteiger partial charge is 0.238 e. The van der Waals surface area contributed by atoms with Gasteiger partial charge >= 0.3 is 0 Å². The lowest BCUT2D eigenvalue weighted by Gasteiger charge is -2.11. The van der Waals surface area contributed by atoms with Gasteiger partial charge in [-0.25, -0.2) is 8.42 Å². The molecule has 0 bridgehead atoms. The molecule has 3 aromatic rings. The first kappa shape index (κ1) is 23.0. The highest BCUT2D eigenvalue weighted by molar-refractivity contribution is 8.00. The largest absolute Gasteiger partial charge is 0.316 e. The van der Waals surface area contributed by atoms with Crippen molar-refractivity contribution in [3.8, 4) is 6.07 Å². The molecule has 162 valence electrons. The number of sulfone groups is 1. The summed E-state index contributed by atoms with van der Waals surface area (Å²) in [5.74, 6) is -0.277. The van der Waals surface area contributed by atoms with Crippen molar-refractivity contribution in [2.24, 2.45) is 7.05 Å². The van der Waals surface area contributed by atoms with E-state index in [4.69, 9.17) is 0 Å². The van der Waals surface area contributed by atoms with Gasteiger partial charge in [-0.3, -0.25) is 4.79 Å². The molecule has 11 heteroatoms. The molecule has 0 aliphatic carbocycles. The van der Waals surface area contributed by atoms with Gasteiger partial charge in [0.1, 0.15) is 22.6 Å². The number of amides is 1. The molecule has 2 aromatic heterocycles. The molecule has 8 nitrogen and oxygen atoms in total. The number of aryl methyl sites for hydroxylation is 1. The lowest BCUT2D eigenvalue weighted by atomic mass is 10.2. The van der Waals surface area contributed by atoms with Crippen LogP contribution in [-0.4, -0.2) is 34.3 Å². The van der Waals surface area contributed by atoms with E-state index >= 15 is 0 Å². The summed E-state index contributed by atoms with van der Waals surface area (Å²) in [7, 11) is -1.89. The number of benzene rings is 1. The monoisotopic (exact) mass is 475 g/mol. The number of nitriles is 1. The molecule has 31 heavy (non-hydrogen) atoms. The molecule has 1 atom stereocenters. The second-order valence-electron chi connectivity index (χ2n) is 6.88. The van der Waals surface area contributed by atoms with Crippen molar-refractivity contribution in [3.05, 3.63) is 52.2 Å². The first-order valence-electron chi connectivity index (χ1n) is 9.27. The Bertz CT molecular complexity index is 1260. The van der Waals surface area contributed by atoms with E-state index in [0.29, 0.717) is 15.7 Å². The number of carbonyl (C=O) groups is 1. The fourth-order valence-electron chi connectivity index (χ4n) is 2.73. The van der Waals surface area contributed by atoms with Crippen molar-refractivity contribution in [2.75, 3.05) is 5.32 Å². The summed E-state index contributed by atoms with van der Waals surface area (Å²) in [6.07, 6.45) is 0. The predicted octanol–water partition coefficient (Wildman–Crippen LogP) is 3.46. The van der Waals surface area contributed by atoms with Crippen LogP contribution in [0.3, 0.4) is 0 Å². The molecular formula is C20H21N5O3S3. The number of anilines is 1. The van der Waals surface area contributed by atoms with E-state index < -0.39 is 15.1 Å². The number of rotatable bonds is 7. The Morgan fingerprint density at radius 2 is 1.97 bits per heavy atom. The van der Waals surface area contributed by atoms with Gasteiger partial charge in [0.25, 0.3) is 0 Å². The van der Waals surface area contributed by atoms with Crippen LogP contribution in [0.1, 0.15) is 28.8 Å². The van der Waals surface area contributed by atoms with Gasteiger partial charge in [-0.15, -0.1) is 21.5 Å². The zero-order valence-electron chi connectivity index (χ0n) is 17.4. The van der Waals surface area contributed by atoms with Gasteiger partial charge in [0, 0.05) is 11.9 Å². The fraction of sp³-hybridized carbons (Fsp3) is 0.300. The third kappa shape index (κ3) is 4.98. The van der Waals surface area contributed by atoms with Crippen molar-refractivity contribution in [3.63, 3.8) is 0 Å². The second-order valence-corrected chi connectivity index (χ2v) is 11.4. The lowest BCUT2D eigenvalue weighted by molar-refractivity contribution is -0.115. The molecule has 2 heterocycles. The van der Waals surface area contributed by atoms with Crippen molar-refractivity contribution in [2.45, 2.75) is 41.8 Å². The van der Waals surface area contributed by atoms with Crippen LogP contribution in [0.25, 0.3) is 0 Å². The summed E-state index contributed by atoms with van der Waals surface area (Å²) in [5.41, 5.74) is 1.33. The van der Waals surface area contributed by atoms with Crippen LogP contribution >= 0.6 is 23.1 Å². The minimum absolute atomic E-state index is 0.217. The number of carbonyl (C=O) groups excluding carboxylic acids is 1. The summed E-state index contributed by atoms with van der Waals surface area (Å²) in [4.78, 5) is 13.8. The number of nitrogens with one attached hydrogen (secondary N) is 1. The SMILES string of the molecule is Cc1sc(NC(=O)C(C)Sc2nnc(CS(=O)(=O)c3ccccc3)n2C)c(C#N)c1C. The molecule has 1 amide bonds. The van der Waals surface area contributed by atoms with E-state index in [-0.39, 0.29) is 22.4 Å². The third-order valence-corrected chi connectivity index (χ3v) is 8.62. The van der Waals surface area contributed by atoms with Crippen molar-refractivity contribution >= 4 is 43.8 Å². The summed E-state index contributed by atoms with van der Waals surface area (Å²) in [6.45, 7) is 5.47. The molecule has 1 aromatic carbocycles. The minimum atomic E-state index is -3.56. The van der Waals surface area contributed by atoms with E-state index in [1.807, 2.05) is 13.8 Å². The van der Waals surface area contributed by atoms with Gasteiger partial charge in [-0.05, 0) is 38.5 Å². The van der Waals surface area contributed by atoms with Crippen LogP contribution in [0.15, 0.2) is 40.4 Å². The minimum Gasteiger partial charge on any atom is -0.316 e. The number of thioether (sulfide) groups is 1. The number of aromatic nitrogens is 3. The number of nitrogens with zero attached hydrogens (tertiary/aromatic N) is 4. The predicted molar refractivity (Wildman–Crippen MR) is 121 cm³/mol. The molecule has 0 spiro atoms. The summed E-state index contributed by atoms with van der Waals surface area (Å²) in [5, 5.41) is 20.6. The van der Waals surface area contributed by atoms with Gasteiger partial charge in [0.2, 0.25) is 5.91 Å². The van der Waals surface area contributed by atoms with Crippen molar-refractivity contribution < 1.29 is 13.2 Å². The fourth-order valence-corrected chi connectivity index (χ4v) is 5.91. The maximum Gasteiger partial charge on any atom is 0.238 e. The van der Waals surface area contributed by atoms with E-state index in [0.717, 1.165) is 10.4 Å². The quantitative estimate of drug-likeness (QED) is 0.520. The Morgan fingerprint density at radius 3 is 2.61 bits per heavy atom. The molecule has 1 unspecified atom stereocenters. The Morgan fingerprint density at radius 1 is 1.29 bits per heavy atom. The lowest BCUT2D eigenvalue weighted by Crippen LogP contribution is -2.22. The Labute approximate surface area is 189 Å². The van der Waals surface area contributed by atoms with Gasteiger partial charge in [0.15, 0.2) is 15.0 Å². The van der Waals surface area contributed by atoms with Crippen LogP contribution in [0.2, 0.25) is 0 Å². The van der Waals surface area contributed by atoms with E-state index in [1.165, 1.54) is 35.2 Å². The second kappa shape index (κ2) is 9.21. The topological polar surface area (TPSA) is 118 Å². The molecule has 0 fully saturated rings. The van der Waals surface area contributed by atoms with Gasteiger partial charge in [-0.2, -0.15) is 5.26 Å². The zero-order chi connectivity index (χ0) is 22.8. The molecule has 0 aliphatic rings. The van der Waals surface area contributed by atoms with E-state index in [1.54, 1.807) is 36.7 Å². The number of hydrogen-bond donors (Lipinski definition) is 1. The average molecular weight is 476 g/mol. The van der Waals surface area contributed by atoms with Gasteiger partial charge in [-0.1, -0.05) is 30.0 Å². The highest BCUT2D eigenvalue weighted by atomic mass is 32.2. The standard InChI is InChI=1S/C20H21N5O3S3/c1-12-13(2)29-19(16(12)10-21)22-18(26)14(3)30-20-24-23-17(25(20)4)11-31(27,28)15-8-6-5-7-9-15/h5-9,14H,11H2,1-4H3,(H,22,26). The summed E-state index contributed by atoms with van der Waals surface area (Å²) >= 11 is 2.53. The van der Waals surface area contributed by atoms with Crippen LogP contribution < -0.4 is 5.32 Å². The summed E-state index contributed by atoms with van der Waals surface area (Å²) in [6, 6.07) is 10.3. The normalized spacial score (nSPS) is 12.4. The molecule has 3 rings (SSSR count). The Kier molecular flexibility index (Phi) is 6.83. The maximum atomic E-state index is 12.6. The Hall–Kier alpha value is -2.68. The third-order valence-electron chi connectivity index (χ3n) is 4.73. The molecule has 0 aliphatic heterocycles. The van der Waals surface area contributed by atoms with Crippen LogP contribution in [0, 0.1) is 25.2 Å². The zero-order valence-corrected chi connectivity index (χ0v) is 19.9. The molecular weight excluding hydrogens is 454 g/mol. The molecule has 0 saturated carbocycles. The van der Waals surface area contributed by atoms with E-state index in [9.17, 15) is 18.5 Å². The maximum absolute atomic E-state index is 12.6. The van der Waals surface area contributed by atoms with Crippen molar-refractivity contribution in [1.29, 1.82) is 5.26 Å². The van der Waals surface area contributed by atoms with Crippen LogP contribution in [0.4, 0.5) is 5.00 Å². The number of hydrogen-bond acceptors (Lipinski definition) is 8. The van der Waals surface area contributed by atoms with Crippen LogP contribution in [-0.2, 0) is 27.4 Å². The van der Waals surface area contributed by atoms with E-state index in [2.05, 4.69) is 21.6 Å². The molecule has 1 N–H and O–H groups in total. The van der Waals surface area contributed by atoms with Crippen LogP contribution in [0.5, 0.6) is 0 Å². The highest BCUT2D eigenvalue weighted by Gasteiger charge is 2.24. The Balaban J connectivity index is 1.71. The summed E-state index contributed by atoms with van der Waals surface area (Å²) < 4.78 is 26.8. The number of thiophene rings is 1. The van der Waals surface area contributed by atoms with Gasteiger partial charge < -0.3 is 9.88 Å². The highest BCUT2D eigenvalue weighted by Crippen LogP contribution is 2.32. The first-order chi connectivity index (χ1) is 14.6. The molecule has 0 radical (unpaired) electrons. The first-order valence-corrected chi connectivity index (χ1v) is 12.6. The molecule has 0 saturated heterocycles.